The third-order valence-electron chi connectivity index (χ3n) is 3.33. The normalized spacial score (nSPS) is 13.3. The highest BCUT2D eigenvalue weighted by molar-refractivity contribution is 5.66. The quantitative estimate of drug-likeness (QED) is 0.415. The Labute approximate surface area is 115 Å². The van der Waals surface area contributed by atoms with E-state index >= 15 is 0 Å². The molecule has 0 aromatic carbocycles. The van der Waals surface area contributed by atoms with Crippen molar-refractivity contribution in [3.63, 3.8) is 0 Å². The highest BCUT2D eigenvalue weighted by Crippen LogP contribution is 2.12. The largest absolute Gasteiger partial charge is 0.481 e. The minimum Gasteiger partial charge on any atom is -0.481 e. The molecule has 108 valence electrons. The van der Waals surface area contributed by atoms with Crippen LogP contribution in [0.1, 0.15) is 98.2 Å². The summed E-state index contributed by atoms with van der Waals surface area (Å²) in [6, 6.07) is 0. The van der Waals surface area contributed by atoms with Crippen LogP contribution in [0.3, 0.4) is 0 Å². The molecule has 0 saturated heterocycles. The van der Waals surface area contributed by atoms with Gasteiger partial charge in [-0.05, 0) is 6.40 Å². The Bertz CT molecular complexity index is 207. The van der Waals surface area contributed by atoms with Crippen molar-refractivity contribution in [2.24, 2.45) is 0 Å². The second kappa shape index (κ2) is 14.5. The maximum absolute atomic E-state index is 10.4. The van der Waals surface area contributed by atoms with Crippen LogP contribution in [0.2, 0.25) is 0 Å². The summed E-state index contributed by atoms with van der Waals surface area (Å²) in [5, 5.41) is 8.54. The second-order valence-corrected chi connectivity index (χ2v) is 5.21. The Morgan fingerprint density at radius 3 is 1.61 bits per heavy atom. The lowest BCUT2D eigenvalue weighted by molar-refractivity contribution is -0.137. The molecule has 0 aromatic rings. The van der Waals surface area contributed by atoms with E-state index in [-0.39, 0.29) is 6.42 Å². The van der Waals surface area contributed by atoms with Crippen LogP contribution < -0.4 is 0 Å². The first-order valence-corrected chi connectivity index (χ1v) is 7.80. The van der Waals surface area contributed by atoms with Crippen LogP contribution in [0.15, 0.2) is 0 Å². The van der Waals surface area contributed by atoms with Crippen LogP contribution in [-0.4, -0.2) is 11.1 Å². The maximum atomic E-state index is 10.4. The van der Waals surface area contributed by atoms with Crippen molar-refractivity contribution in [2.75, 3.05) is 0 Å². The van der Waals surface area contributed by atoms with Gasteiger partial charge in [0.25, 0.3) is 0 Å². The molecule has 0 aromatic heterocycles. The van der Waals surface area contributed by atoms with Gasteiger partial charge in [0, 0.05) is 7.79 Å². The standard InChI is InChI=1S/C16H32O2/c1-2-3-4-5-6-7-8-9-10-11-12-13-14-15-16(17)18/h2-15H2,1H3,(H,17,18)/i14T. The van der Waals surface area contributed by atoms with Crippen molar-refractivity contribution in [3.8, 4) is 0 Å². The molecule has 0 aliphatic carbocycles. The van der Waals surface area contributed by atoms with E-state index in [4.69, 9.17) is 6.48 Å². The molecule has 0 spiro atoms. The third kappa shape index (κ3) is 15.5. The Balaban J connectivity index is 3.08. The number of carbonyl (C=O) groups is 1. The number of hydrogen-bond donors (Lipinski definition) is 1. The average molecular weight is 258 g/mol. The summed E-state index contributed by atoms with van der Waals surface area (Å²) < 4.78 is 7.55. The van der Waals surface area contributed by atoms with Gasteiger partial charge in [0.1, 0.15) is 0 Å². The van der Waals surface area contributed by atoms with Gasteiger partial charge in [0.15, 0.2) is 0 Å². The molecule has 2 nitrogen and oxygen atoms in total. The molecule has 1 atom stereocenters. The summed E-state index contributed by atoms with van der Waals surface area (Å²) in [5.74, 6) is -0.844. The molecule has 0 radical (unpaired) electrons. The fourth-order valence-electron chi connectivity index (χ4n) is 2.18. The first-order chi connectivity index (χ1) is 9.16. The van der Waals surface area contributed by atoms with E-state index in [0.717, 1.165) is 19.3 Å². The molecule has 1 N–H and O–H groups in total. The molecule has 0 fully saturated rings. The minimum absolute atomic E-state index is 0.00222. The van der Waals surface area contributed by atoms with Gasteiger partial charge in [0.2, 0.25) is 0 Å². The number of rotatable bonds is 14. The van der Waals surface area contributed by atoms with Crippen LogP contribution in [0, 0.1) is 0 Å². The fraction of sp³-hybridized carbons (Fsp3) is 0.938. The zero-order chi connectivity index (χ0) is 14.3. The van der Waals surface area contributed by atoms with E-state index in [1.165, 1.54) is 57.8 Å². The molecule has 18 heavy (non-hydrogen) atoms. The van der Waals surface area contributed by atoms with E-state index in [0.29, 0.717) is 0 Å². The molecule has 0 bridgehead atoms. The van der Waals surface area contributed by atoms with Crippen molar-refractivity contribution in [2.45, 2.75) is 96.8 Å². The second-order valence-electron chi connectivity index (χ2n) is 5.21. The molecular weight excluding hydrogens is 224 g/mol. The molecule has 0 heterocycles. The Kier molecular flexibility index (Phi) is 12.5. The van der Waals surface area contributed by atoms with Gasteiger partial charge in [-0.1, -0.05) is 84.0 Å². The summed E-state index contributed by atoms with van der Waals surface area (Å²) in [7, 11) is 0. The highest BCUT2D eigenvalue weighted by atomic mass is 16.4. The number of unbranched alkanes of at least 4 members (excludes halogenated alkanes) is 10. The van der Waals surface area contributed by atoms with Gasteiger partial charge in [-0.15, -0.1) is 0 Å². The van der Waals surface area contributed by atoms with Crippen LogP contribution in [0.4, 0.5) is 0 Å². The zero-order valence-corrected chi connectivity index (χ0v) is 12.1. The van der Waals surface area contributed by atoms with Gasteiger partial charge in [-0.3, -0.25) is 4.79 Å². The van der Waals surface area contributed by atoms with Crippen LogP contribution >= 0.6 is 0 Å². The number of hydrogen-bond acceptors (Lipinski definition) is 1. The molecule has 2 heteroatoms. The fourth-order valence-corrected chi connectivity index (χ4v) is 2.18. The van der Waals surface area contributed by atoms with Gasteiger partial charge in [-0.2, -0.15) is 0 Å². The molecule has 0 saturated carbocycles. The van der Waals surface area contributed by atoms with Crippen LogP contribution in [0.25, 0.3) is 0 Å². The number of aliphatic carboxylic acids is 1. The predicted octanol–water partition coefficient (Wildman–Crippen LogP) is 5.55. The molecule has 0 aliphatic heterocycles. The monoisotopic (exact) mass is 258 g/mol. The lowest BCUT2D eigenvalue weighted by Gasteiger charge is -2.02. The van der Waals surface area contributed by atoms with Crippen molar-refractivity contribution in [3.05, 3.63) is 0 Å². The van der Waals surface area contributed by atoms with E-state index in [1.54, 1.807) is 0 Å². The molecular formula is C16H32O2. The van der Waals surface area contributed by atoms with Gasteiger partial charge in [0.05, 0.1) is 0 Å². The first-order valence-electron chi connectivity index (χ1n) is 8.38. The smallest absolute Gasteiger partial charge is 0.303 e. The van der Waals surface area contributed by atoms with E-state index in [2.05, 4.69) is 6.92 Å². The molecule has 0 aliphatic rings. The summed E-state index contributed by atoms with van der Waals surface area (Å²) in [4.78, 5) is 10.4. The van der Waals surface area contributed by atoms with Crippen molar-refractivity contribution >= 4 is 5.97 Å². The Morgan fingerprint density at radius 1 is 0.833 bits per heavy atom. The molecule has 0 amide bonds. The minimum atomic E-state index is -0.844. The summed E-state index contributed by atoms with van der Waals surface area (Å²) in [5.41, 5.74) is 0. The topological polar surface area (TPSA) is 37.3 Å². The van der Waals surface area contributed by atoms with Crippen molar-refractivity contribution in [1.82, 2.24) is 0 Å². The SMILES string of the molecule is [3H]C(CCCCCCCCCCCCC)CC(=O)O. The van der Waals surface area contributed by atoms with Crippen LogP contribution in [-0.2, 0) is 4.79 Å². The van der Waals surface area contributed by atoms with Crippen molar-refractivity contribution < 1.29 is 11.3 Å². The van der Waals surface area contributed by atoms with Gasteiger partial charge in [-0.25, -0.2) is 0 Å². The van der Waals surface area contributed by atoms with Gasteiger partial charge < -0.3 is 5.11 Å². The molecule has 0 rings (SSSR count). The lowest BCUT2D eigenvalue weighted by atomic mass is 10.0. The zero-order valence-electron chi connectivity index (χ0n) is 13.1. The summed E-state index contributed by atoms with van der Waals surface area (Å²) in [6.07, 6.45) is 14.6. The summed E-state index contributed by atoms with van der Waals surface area (Å²) in [6.45, 7) is 2.25. The molecule has 1 unspecified atom stereocenters. The first kappa shape index (κ1) is 15.5. The van der Waals surface area contributed by atoms with E-state index < -0.39 is 12.4 Å². The Hall–Kier alpha value is -0.530. The summed E-state index contributed by atoms with van der Waals surface area (Å²) >= 11 is 0. The van der Waals surface area contributed by atoms with Gasteiger partial charge >= 0.3 is 5.97 Å². The Morgan fingerprint density at radius 2 is 1.22 bits per heavy atom. The van der Waals surface area contributed by atoms with E-state index in [9.17, 15) is 4.79 Å². The average Bonchev–Trinajstić information content (AvgIpc) is 2.35. The van der Waals surface area contributed by atoms with Crippen LogP contribution in [0.5, 0.6) is 0 Å². The number of carboxylic acids is 1. The lowest BCUT2D eigenvalue weighted by Crippen LogP contribution is -1.93. The van der Waals surface area contributed by atoms with Crippen molar-refractivity contribution in [1.29, 1.82) is 0 Å². The van der Waals surface area contributed by atoms with E-state index in [1.807, 2.05) is 0 Å². The predicted molar refractivity (Wildman–Crippen MR) is 77.9 cm³/mol. The maximum Gasteiger partial charge on any atom is 0.303 e. The third-order valence-corrected chi connectivity index (χ3v) is 3.33. The highest BCUT2D eigenvalue weighted by Gasteiger charge is 1.96. The number of carboxylic acid groups (broad SMARTS) is 1.